The molecular weight excluding hydrogens is 514 g/mol. The van der Waals surface area contributed by atoms with E-state index in [1.54, 1.807) is 6.08 Å². The first-order chi connectivity index (χ1) is 20.5. The topological polar surface area (TPSA) is 91.5 Å². The van der Waals surface area contributed by atoms with Gasteiger partial charge in [0.15, 0.2) is 5.84 Å². The van der Waals surface area contributed by atoms with Gasteiger partial charge in [-0.05, 0) is 63.9 Å². The first-order valence-corrected chi connectivity index (χ1v) is 13.7. The second kappa shape index (κ2) is 13.1. The first-order valence-electron chi connectivity index (χ1n) is 13.7. The van der Waals surface area contributed by atoms with E-state index in [2.05, 4.69) is 77.1 Å². The normalized spacial score (nSPS) is 11.8. The maximum absolute atomic E-state index is 8.50. The van der Waals surface area contributed by atoms with Crippen LogP contribution in [0.5, 0.6) is 0 Å². The highest BCUT2D eigenvalue weighted by atomic mass is 15.1. The maximum atomic E-state index is 8.50. The molecule has 0 aromatic heterocycles. The van der Waals surface area contributed by atoms with Gasteiger partial charge in [-0.25, -0.2) is 4.99 Å². The third-order valence-electron chi connectivity index (χ3n) is 6.83. The van der Waals surface area contributed by atoms with Gasteiger partial charge in [0.1, 0.15) is 5.84 Å². The number of aliphatic imine (C=N–C) groups is 1. The van der Waals surface area contributed by atoms with Crippen LogP contribution in [0.1, 0.15) is 16.7 Å². The molecular formula is C37H33N5. The van der Waals surface area contributed by atoms with E-state index < -0.39 is 0 Å². The number of nitrogens with zero attached hydrogens (tertiary/aromatic N) is 2. The molecule has 0 aliphatic rings. The number of nitrogens with two attached hydrogens (primary N) is 2. The molecule has 0 saturated carbocycles. The van der Waals surface area contributed by atoms with Crippen LogP contribution in [-0.4, -0.2) is 11.7 Å². The van der Waals surface area contributed by atoms with Crippen LogP contribution < -0.4 is 16.4 Å². The van der Waals surface area contributed by atoms with Gasteiger partial charge in [-0.15, -0.1) is 0 Å². The van der Waals surface area contributed by atoms with Crippen molar-refractivity contribution in [2.45, 2.75) is 6.54 Å². The number of allylic oxidation sites excluding steroid dienone is 3. The summed E-state index contributed by atoms with van der Waals surface area (Å²) in [5.41, 5.74) is 18.5. The molecule has 0 fully saturated rings. The number of rotatable bonds is 9. The van der Waals surface area contributed by atoms with Crippen molar-refractivity contribution in [1.29, 1.82) is 5.41 Å². The number of benzene rings is 5. The smallest absolute Gasteiger partial charge is 0.154 e. The predicted molar refractivity (Wildman–Crippen MR) is 178 cm³/mol. The number of hydrogen-bond acceptors (Lipinski definition) is 3. The molecule has 0 heterocycles. The standard InChI is InChI=1S/C37H33N5/c1-27(38)12-10-11-23-42(33-17-6-3-7-18-33)26-28-19-21-29(22-20-28)34-24-31-15-8-9-16-32(31)25-35(34)37(40)41-36(39)30-13-4-2-5-14-30/h2-25H,1,26,38H2,(H3,39,40,41)/b12-10-,23-11-. The summed E-state index contributed by atoms with van der Waals surface area (Å²) in [6.45, 7) is 4.39. The van der Waals surface area contributed by atoms with Crippen LogP contribution >= 0.6 is 0 Å². The molecule has 5 rings (SSSR count). The Balaban J connectivity index is 1.47. The van der Waals surface area contributed by atoms with Crippen molar-refractivity contribution in [2.75, 3.05) is 4.90 Å². The van der Waals surface area contributed by atoms with Crippen LogP contribution in [0.2, 0.25) is 0 Å². The van der Waals surface area contributed by atoms with Crippen LogP contribution in [-0.2, 0) is 6.54 Å². The largest absolute Gasteiger partial charge is 0.399 e. The van der Waals surface area contributed by atoms with E-state index in [0.29, 0.717) is 23.6 Å². The summed E-state index contributed by atoms with van der Waals surface area (Å²) >= 11 is 0. The number of anilines is 1. The second-order valence-electron chi connectivity index (χ2n) is 9.89. The van der Waals surface area contributed by atoms with Crippen molar-refractivity contribution >= 4 is 28.1 Å². The highest BCUT2D eigenvalue weighted by molar-refractivity contribution is 6.14. The van der Waals surface area contributed by atoms with E-state index in [-0.39, 0.29) is 5.84 Å². The average molecular weight is 548 g/mol. The molecule has 5 heteroatoms. The molecule has 206 valence electrons. The van der Waals surface area contributed by atoms with Crippen LogP contribution in [0.25, 0.3) is 21.9 Å². The lowest BCUT2D eigenvalue weighted by molar-refractivity contribution is 0.968. The molecule has 0 unspecified atom stereocenters. The minimum atomic E-state index is 0.127. The lowest BCUT2D eigenvalue weighted by Crippen LogP contribution is -2.17. The van der Waals surface area contributed by atoms with Crippen LogP contribution in [0.3, 0.4) is 0 Å². The Morgan fingerprint density at radius 1 is 0.762 bits per heavy atom. The zero-order valence-electron chi connectivity index (χ0n) is 23.3. The molecule has 0 amide bonds. The third kappa shape index (κ3) is 6.90. The first kappa shape index (κ1) is 27.9. The molecule has 0 aliphatic carbocycles. The number of hydrogen-bond donors (Lipinski definition) is 3. The Hall–Kier alpha value is -5.68. The van der Waals surface area contributed by atoms with Crippen LogP contribution in [0.15, 0.2) is 163 Å². The maximum Gasteiger partial charge on any atom is 0.154 e. The highest BCUT2D eigenvalue weighted by Gasteiger charge is 2.13. The van der Waals surface area contributed by atoms with Crippen molar-refractivity contribution < 1.29 is 0 Å². The minimum absolute atomic E-state index is 0.127. The van der Waals surface area contributed by atoms with Crippen molar-refractivity contribution in [2.24, 2.45) is 16.5 Å². The van der Waals surface area contributed by atoms with Crippen molar-refractivity contribution in [3.63, 3.8) is 0 Å². The number of para-hydroxylation sites is 1. The molecule has 0 bridgehead atoms. The molecule has 5 N–H and O–H groups in total. The van der Waals surface area contributed by atoms with Gasteiger partial charge in [0.25, 0.3) is 0 Å². The van der Waals surface area contributed by atoms with Crippen molar-refractivity contribution in [3.05, 3.63) is 175 Å². The summed E-state index contributed by atoms with van der Waals surface area (Å²) < 4.78 is 0. The summed E-state index contributed by atoms with van der Waals surface area (Å²) in [7, 11) is 0. The Labute approximate surface area is 247 Å². The van der Waals surface area contributed by atoms with Gasteiger partial charge in [-0.2, -0.15) is 0 Å². The molecule has 0 atom stereocenters. The highest BCUT2D eigenvalue weighted by Crippen LogP contribution is 2.30. The molecule has 0 saturated heterocycles. The molecule has 0 aliphatic heterocycles. The van der Waals surface area contributed by atoms with Gasteiger partial charge < -0.3 is 16.4 Å². The Bertz CT molecular complexity index is 1780. The van der Waals surface area contributed by atoms with Gasteiger partial charge in [0.2, 0.25) is 0 Å². The van der Waals surface area contributed by atoms with Crippen LogP contribution in [0.4, 0.5) is 5.69 Å². The van der Waals surface area contributed by atoms with Gasteiger partial charge in [0, 0.05) is 35.3 Å². The summed E-state index contributed by atoms with van der Waals surface area (Å²) in [4.78, 5) is 6.67. The SMILES string of the molecule is C=C(N)/C=C\C=C/N(Cc1ccc(-c2cc3ccccc3cc2C(N)=NC(=N)c2ccccc2)cc1)c1ccccc1. The Kier molecular flexibility index (Phi) is 8.70. The average Bonchev–Trinajstić information content (AvgIpc) is 3.03. The minimum Gasteiger partial charge on any atom is -0.399 e. The van der Waals surface area contributed by atoms with Crippen molar-refractivity contribution in [3.8, 4) is 11.1 Å². The molecule has 5 aromatic carbocycles. The quantitative estimate of drug-likeness (QED) is 0.0999. The van der Waals surface area contributed by atoms with E-state index in [9.17, 15) is 0 Å². The van der Waals surface area contributed by atoms with Gasteiger partial charge in [0.05, 0.1) is 0 Å². The zero-order valence-corrected chi connectivity index (χ0v) is 23.3. The van der Waals surface area contributed by atoms with E-state index in [1.165, 1.54) is 0 Å². The van der Waals surface area contributed by atoms with Gasteiger partial charge in [-0.1, -0.05) is 110 Å². The summed E-state index contributed by atoms with van der Waals surface area (Å²) in [6, 6.07) is 40.5. The monoisotopic (exact) mass is 547 g/mol. The molecule has 42 heavy (non-hydrogen) atoms. The number of fused-ring (bicyclic) bond motifs is 1. The summed E-state index contributed by atoms with van der Waals surface area (Å²) in [5, 5.41) is 10.7. The Morgan fingerprint density at radius 2 is 1.38 bits per heavy atom. The van der Waals surface area contributed by atoms with Gasteiger partial charge in [-0.3, -0.25) is 5.41 Å². The summed E-state index contributed by atoms with van der Waals surface area (Å²) in [5.74, 6) is 0.435. The predicted octanol–water partition coefficient (Wildman–Crippen LogP) is 7.79. The summed E-state index contributed by atoms with van der Waals surface area (Å²) in [6.07, 6.45) is 7.64. The van der Waals surface area contributed by atoms with E-state index in [0.717, 1.165) is 38.7 Å². The molecule has 0 spiro atoms. The fraction of sp³-hybridized carbons (Fsp3) is 0.0270. The zero-order chi connectivity index (χ0) is 29.3. The Morgan fingerprint density at radius 3 is 2.05 bits per heavy atom. The van der Waals surface area contributed by atoms with Gasteiger partial charge >= 0.3 is 0 Å². The molecule has 5 aromatic rings. The lowest BCUT2D eigenvalue weighted by Gasteiger charge is -2.21. The molecule has 0 radical (unpaired) electrons. The molecule has 5 nitrogen and oxygen atoms in total. The number of amidine groups is 2. The fourth-order valence-corrected chi connectivity index (χ4v) is 4.70. The lowest BCUT2D eigenvalue weighted by atomic mass is 9.94. The van der Waals surface area contributed by atoms with Crippen LogP contribution in [0, 0.1) is 5.41 Å². The second-order valence-corrected chi connectivity index (χ2v) is 9.89. The number of nitrogens with one attached hydrogen (secondary N) is 1. The fourth-order valence-electron chi connectivity index (χ4n) is 4.70. The van der Waals surface area contributed by atoms with Crippen molar-refractivity contribution in [1.82, 2.24) is 0 Å². The van der Waals surface area contributed by atoms with E-state index in [4.69, 9.17) is 16.9 Å². The third-order valence-corrected chi connectivity index (χ3v) is 6.83. The van der Waals surface area contributed by atoms with E-state index in [1.807, 2.05) is 79.0 Å². The van der Waals surface area contributed by atoms with E-state index >= 15 is 0 Å².